The number of fused-ring (bicyclic) bond motifs is 1. The van der Waals surface area contributed by atoms with Gasteiger partial charge in [-0.2, -0.15) is 0 Å². The molecule has 0 aliphatic carbocycles. The van der Waals surface area contributed by atoms with E-state index >= 15 is 0 Å². The molecule has 112 valence electrons. The highest BCUT2D eigenvalue weighted by Crippen LogP contribution is 2.22. The number of nitrogens with zero attached hydrogens (tertiary/aromatic N) is 4. The average molecular weight is 323 g/mol. The number of thiazole rings is 1. The van der Waals surface area contributed by atoms with Crippen LogP contribution in [0.2, 0.25) is 0 Å². The number of thioether (sulfide) groups is 1. The van der Waals surface area contributed by atoms with Crippen LogP contribution in [0.4, 0.5) is 0 Å². The lowest BCUT2D eigenvalue weighted by Crippen LogP contribution is -2.26. The number of hydrogen-bond acceptors (Lipinski definition) is 6. The molecule has 0 radical (unpaired) electrons. The summed E-state index contributed by atoms with van der Waals surface area (Å²) in [7, 11) is 0. The minimum Gasteiger partial charge on any atom is -0.348 e. The fraction of sp³-hybridized carbons (Fsp3) is 0.538. The van der Waals surface area contributed by atoms with Crippen LogP contribution in [0, 0.1) is 0 Å². The van der Waals surface area contributed by atoms with Gasteiger partial charge in [0, 0.05) is 18.3 Å². The van der Waals surface area contributed by atoms with Crippen molar-refractivity contribution in [3.8, 4) is 0 Å². The summed E-state index contributed by atoms with van der Waals surface area (Å²) in [6, 6.07) is 0. The highest BCUT2D eigenvalue weighted by atomic mass is 32.2. The Morgan fingerprint density at radius 3 is 3.29 bits per heavy atom. The number of carbonyl (C=O) groups excluding carboxylic acids is 1. The third kappa shape index (κ3) is 3.44. The van der Waals surface area contributed by atoms with E-state index in [2.05, 4.69) is 32.0 Å². The molecule has 21 heavy (non-hydrogen) atoms. The van der Waals surface area contributed by atoms with Crippen molar-refractivity contribution < 1.29 is 4.79 Å². The molecule has 0 fully saturated rings. The summed E-state index contributed by atoms with van der Waals surface area (Å²) in [6.07, 6.45) is 2.42. The van der Waals surface area contributed by atoms with Gasteiger partial charge in [-0.3, -0.25) is 4.79 Å². The van der Waals surface area contributed by atoms with E-state index in [9.17, 15) is 4.79 Å². The van der Waals surface area contributed by atoms with Crippen LogP contribution in [0.3, 0.4) is 0 Å². The zero-order valence-corrected chi connectivity index (χ0v) is 13.5. The maximum atomic E-state index is 12.0. The maximum absolute atomic E-state index is 12.0. The number of aromatic nitrogens is 4. The highest BCUT2D eigenvalue weighted by Gasteiger charge is 2.17. The normalized spacial score (nSPS) is 13.4. The first kappa shape index (κ1) is 14.5. The number of amides is 1. The van der Waals surface area contributed by atoms with Crippen LogP contribution < -0.4 is 5.32 Å². The third-order valence-electron chi connectivity index (χ3n) is 3.27. The fourth-order valence-corrected chi connectivity index (χ4v) is 4.05. The predicted molar refractivity (Wildman–Crippen MR) is 82.4 cm³/mol. The molecule has 0 saturated carbocycles. The number of rotatable bonds is 6. The van der Waals surface area contributed by atoms with E-state index < -0.39 is 0 Å². The van der Waals surface area contributed by atoms with Gasteiger partial charge in [0.25, 0.3) is 0 Å². The number of aryl methyl sites for hydroxylation is 1. The number of carbonyl (C=O) groups is 1. The molecule has 0 unspecified atom stereocenters. The van der Waals surface area contributed by atoms with Gasteiger partial charge >= 0.3 is 0 Å². The van der Waals surface area contributed by atoms with Gasteiger partial charge in [-0.15, -0.1) is 21.5 Å². The average Bonchev–Trinajstić information content (AvgIpc) is 3.14. The quantitative estimate of drug-likeness (QED) is 0.818. The van der Waals surface area contributed by atoms with E-state index in [1.165, 1.54) is 0 Å². The second kappa shape index (κ2) is 6.57. The maximum Gasteiger partial charge on any atom is 0.226 e. The largest absolute Gasteiger partial charge is 0.348 e. The van der Waals surface area contributed by atoms with Crippen molar-refractivity contribution in [2.24, 2.45) is 0 Å². The van der Waals surface area contributed by atoms with Crippen LogP contribution >= 0.6 is 23.1 Å². The summed E-state index contributed by atoms with van der Waals surface area (Å²) in [6.45, 7) is 3.49. The second-order valence-electron chi connectivity index (χ2n) is 4.78. The first-order chi connectivity index (χ1) is 10.3. The molecule has 2 aromatic heterocycles. The Morgan fingerprint density at radius 1 is 1.52 bits per heavy atom. The van der Waals surface area contributed by atoms with Crippen molar-refractivity contribution in [3.63, 3.8) is 0 Å². The van der Waals surface area contributed by atoms with Gasteiger partial charge in [0.1, 0.15) is 10.2 Å². The molecule has 6 nitrogen and oxygen atoms in total. The molecule has 1 aliphatic heterocycles. The number of hydrogen-bond donors (Lipinski definition) is 1. The molecule has 1 N–H and O–H groups in total. The summed E-state index contributed by atoms with van der Waals surface area (Å²) in [4.78, 5) is 16.4. The van der Waals surface area contributed by atoms with E-state index in [0.717, 1.165) is 46.8 Å². The minimum atomic E-state index is -0.0244. The summed E-state index contributed by atoms with van der Waals surface area (Å²) in [5.74, 6) is 2.84. The molecule has 0 bridgehead atoms. The van der Waals surface area contributed by atoms with Crippen molar-refractivity contribution in [2.75, 3.05) is 5.75 Å². The third-order valence-corrected chi connectivity index (χ3v) is 5.22. The Labute approximate surface area is 131 Å². The van der Waals surface area contributed by atoms with Gasteiger partial charge in [0.2, 0.25) is 5.91 Å². The zero-order chi connectivity index (χ0) is 14.7. The SMILES string of the molecule is CCSc1nc(CC(=O)NCc2nnc3n2CCC3)cs1. The molecule has 0 spiro atoms. The van der Waals surface area contributed by atoms with E-state index in [-0.39, 0.29) is 5.91 Å². The van der Waals surface area contributed by atoms with Crippen LogP contribution in [0.15, 0.2) is 9.72 Å². The van der Waals surface area contributed by atoms with Crippen molar-refractivity contribution in [2.45, 2.75) is 43.6 Å². The molecule has 8 heteroatoms. The standard InChI is InChI=1S/C13H17N5OS2/c1-2-20-13-15-9(8-21-13)6-12(19)14-7-11-17-16-10-4-3-5-18(10)11/h8H,2-7H2,1H3,(H,14,19). The van der Waals surface area contributed by atoms with E-state index in [0.29, 0.717) is 13.0 Å². The molecule has 3 rings (SSSR count). The van der Waals surface area contributed by atoms with Crippen LogP contribution in [0.5, 0.6) is 0 Å². The van der Waals surface area contributed by atoms with Gasteiger partial charge in [-0.1, -0.05) is 18.7 Å². The molecule has 0 aromatic carbocycles. The molecular formula is C13H17N5OS2. The highest BCUT2D eigenvalue weighted by molar-refractivity contribution is 8.00. The van der Waals surface area contributed by atoms with E-state index in [4.69, 9.17) is 0 Å². The monoisotopic (exact) mass is 323 g/mol. The first-order valence-electron chi connectivity index (χ1n) is 7.01. The van der Waals surface area contributed by atoms with Crippen LogP contribution in [0.25, 0.3) is 0 Å². The minimum absolute atomic E-state index is 0.0244. The Bertz CT molecular complexity index is 636. The van der Waals surface area contributed by atoms with E-state index in [1.807, 2.05) is 5.38 Å². The van der Waals surface area contributed by atoms with E-state index in [1.54, 1.807) is 23.1 Å². The number of nitrogens with one attached hydrogen (secondary N) is 1. The van der Waals surface area contributed by atoms with Crippen LogP contribution in [0.1, 0.15) is 30.7 Å². The van der Waals surface area contributed by atoms with Crippen LogP contribution in [-0.4, -0.2) is 31.4 Å². The van der Waals surface area contributed by atoms with Crippen LogP contribution in [-0.2, 0) is 30.7 Å². The Kier molecular flexibility index (Phi) is 4.54. The summed E-state index contributed by atoms with van der Waals surface area (Å²) < 4.78 is 3.12. The van der Waals surface area contributed by atoms with Gasteiger partial charge in [-0.25, -0.2) is 4.98 Å². The molecule has 1 amide bonds. The van der Waals surface area contributed by atoms with Crippen molar-refractivity contribution in [1.29, 1.82) is 0 Å². The Balaban J connectivity index is 1.51. The van der Waals surface area contributed by atoms with Crippen molar-refractivity contribution in [3.05, 3.63) is 22.7 Å². The second-order valence-corrected chi connectivity index (χ2v) is 7.15. The summed E-state index contributed by atoms with van der Waals surface area (Å²) in [5.41, 5.74) is 0.833. The lowest BCUT2D eigenvalue weighted by atomic mass is 10.3. The lowest BCUT2D eigenvalue weighted by molar-refractivity contribution is -0.120. The molecule has 3 heterocycles. The lowest BCUT2D eigenvalue weighted by Gasteiger charge is -2.04. The topological polar surface area (TPSA) is 72.7 Å². The summed E-state index contributed by atoms with van der Waals surface area (Å²) in [5, 5.41) is 13.1. The molecule has 1 aliphatic rings. The fourth-order valence-electron chi connectivity index (χ4n) is 2.31. The van der Waals surface area contributed by atoms with Crippen molar-refractivity contribution in [1.82, 2.24) is 25.1 Å². The predicted octanol–water partition coefficient (Wildman–Crippen LogP) is 1.65. The Hall–Kier alpha value is -1.41. The van der Waals surface area contributed by atoms with Crippen molar-refractivity contribution >= 4 is 29.0 Å². The van der Waals surface area contributed by atoms with Gasteiger partial charge in [-0.05, 0) is 12.2 Å². The molecular weight excluding hydrogens is 306 g/mol. The molecule has 2 aromatic rings. The van der Waals surface area contributed by atoms with Gasteiger partial charge in [0.15, 0.2) is 5.82 Å². The Morgan fingerprint density at radius 2 is 2.43 bits per heavy atom. The molecule has 0 atom stereocenters. The zero-order valence-electron chi connectivity index (χ0n) is 11.8. The van der Waals surface area contributed by atoms with Gasteiger partial charge < -0.3 is 9.88 Å². The smallest absolute Gasteiger partial charge is 0.226 e. The first-order valence-corrected chi connectivity index (χ1v) is 8.87. The van der Waals surface area contributed by atoms with Gasteiger partial charge in [0.05, 0.1) is 18.7 Å². The molecule has 0 saturated heterocycles. The summed E-state index contributed by atoms with van der Waals surface area (Å²) >= 11 is 3.30.